The van der Waals surface area contributed by atoms with E-state index in [1.807, 2.05) is 66.7 Å². The van der Waals surface area contributed by atoms with Crippen molar-refractivity contribution in [2.24, 2.45) is 9.98 Å². The minimum atomic E-state index is -0.260. The second kappa shape index (κ2) is 11.0. The number of fused-ring (bicyclic) bond motifs is 6. The van der Waals surface area contributed by atoms with Gasteiger partial charge in [0.15, 0.2) is 17.5 Å². The Labute approximate surface area is 281 Å². The zero-order chi connectivity index (χ0) is 32.3. The van der Waals surface area contributed by atoms with E-state index >= 15 is 0 Å². The number of rotatable bonds is 4. The van der Waals surface area contributed by atoms with Crippen LogP contribution in [0.1, 0.15) is 5.82 Å². The maximum absolute atomic E-state index is 5.90. The van der Waals surface area contributed by atoms with E-state index in [9.17, 15) is 0 Å². The minimum Gasteiger partial charge on any atom is -0.498 e. The fraction of sp³-hybridized carbons (Fsp3) is 0.0488. The molecule has 8 aromatic rings. The molecular weight excluding hydrogens is 606 g/mol. The predicted octanol–water partition coefficient (Wildman–Crippen LogP) is 8.25. The van der Waals surface area contributed by atoms with Gasteiger partial charge in [0.25, 0.3) is 0 Å². The van der Waals surface area contributed by atoms with E-state index in [0.29, 0.717) is 35.8 Å². The van der Waals surface area contributed by atoms with Crippen LogP contribution in [-0.2, 0) is 4.74 Å². The van der Waals surface area contributed by atoms with Gasteiger partial charge in [0, 0.05) is 44.7 Å². The Morgan fingerprint density at radius 3 is 1.96 bits per heavy atom. The maximum atomic E-state index is 5.90. The number of aromatic nitrogens is 5. The number of nitrogens with zero attached hydrogens (tertiary/aromatic N) is 7. The Bertz CT molecular complexity index is 2600. The van der Waals surface area contributed by atoms with Crippen LogP contribution >= 0.6 is 0 Å². The first kappa shape index (κ1) is 27.4. The highest BCUT2D eigenvalue weighted by Gasteiger charge is 2.33. The van der Waals surface area contributed by atoms with E-state index < -0.39 is 0 Å². The molecule has 0 radical (unpaired) electrons. The standard InChI is InChI=1S/C41H27N7O/c1-4-12-26(13-5-1)38-44-39(27-14-6-2-7-15-27)46-40(45-38)36-32-24-49-25-33(32)42-41(43-36)48-35-19-11-10-18-29(35)30-20-21-34-31(37(30)48)22-23-47(34)28-16-8-3-9-17-28/h1-24,33H,25H2. The quantitative estimate of drug-likeness (QED) is 0.195. The zero-order valence-corrected chi connectivity index (χ0v) is 26.2. The van der Waals surface area contributed by atoms with E-state index in [1.165, 1.54) is 0 Å². The van der Waals surface area contributed by atoms with Gasteiger partial charge < -0.3 is 9.30 Å². The summed E-state index contributed by atoms with van der Waals surface area (Å²) in [6.45, 7) is 0.414. The number of hydrogen-bond acceptors (Lipinski definition) is 6. The summed E-state index contributed by atoms with van der Waals surface area (Å²) in [5, 5.41) is 3.38. The molecule has 3 aromatic heterocycles. The minimum absolute atomic E-state index is 0.260. The van der Waals surface area contributed by atoms with Gasteiger partial charge in [-0.3, -0.25) is 4.57 Å². The molecule has 2 aliphatic heterocycles. The molecule has 8 heteroatoms. The molecule has 0 saturated heterocycles. The highest BCUT2D eigenvalue weighted by Crippen LogP contribution is 2.37. The van der Waals surface area contributed by atoms with Crippen molar-refractivity contribution in [3.8, 4) is 28.5 Å². The molecule has 49 heavy (non-hydrogen) atoms. The van der Waals surface area contributed by atoms with Gasteiger partial charge in [-0.1, -0.05) is 103 Å². The average molecular weight is 634 g/mol. The fourth-order valence-electron chi connectivity index (χ4n) is 6.95. The Kier molecular flexibility index (Phi) is 6.14. The van der Waals surface area contributed by atoms with Gasteiger partial charge in [-0.25, -0.2) is 24.9 Å². The smallest absolute Gasteiger partial charge is 0.231 e. The van der Waals surface area contributed by atoms with Crippen molar-refractivity contribution in [3.05, 3.63) is 157 Å². The van der Waals surface area contributed by atoms with Crippen LogP contribution in [0.5, 0.6) is 0 Å². The molecule has 0 N–H and O–H groups in total. The zero-order valence-electron chi connectivity index (χ0n) is 26.2. The normalized spacial score (nSPS) is 15.6. The summed E-state index contributed by atoms with van der Waals surface area (Å²) < 4.78 is 10.3. The van der Waals surface area contributed by atoms with Gasteiger partial charge in [0.2, 0.25) is 5.96 Å². The molecule has 0 saturated carbocycles. The van der Waals surface area contributed by atoms with Gasteiger partial charge in [0.05, 0.1) is 22.8 Å². The summed E-state index contributed by atoms with van der Waals surface area (Å²) in [6.07, 6.45) is 3.88. The van der Waals surface area contributed by atoms with Crippen LogP contribution in [0.15, 0.2) is 161 Å². The van der Waals surface area contributed by atoms with E-state index in [4.69, 9.17) is 29.7 Å². The Hall–Kier alpha value is -6.67. The van der Waals surface area contributed by atoms with Crippen molar-refractivity contribution in [1.82, 2.24) is 24.1 Å². The molecule has 0 bridgehead atoms. The lowest BCUT2D eigenvalue weighted by molar-refractivity contribution is 0.270. The molecule has 1 unspecified atom stereocenters. The number of ether oxygens (including phenoxy) is 1. The number of benzene rings is 5. The molecule has 2 aliphatic rings. The second-order valence-electron chi connectivity index (χ2n) is 12.1. The molecule has 10 rings (SSSR count). The fourth-order valence-corrected chi connectivity index (χ4v) is 6.95. The third-order valence-corrected chi connectivity index (χ3v) is 9.23. The van der Waals surface area contributed by atoms with E-state index in [2.05, 4.69) is 82.1 Å². The molecule has 0 amide bonds. The summed E-state index contributed by atoms with van der Waals surface area (Å²) >= 11 is 0. The van der Waals surface area contributed by atoms with Gasteiger partial charge in [-0.2, -0.15) is 0 Å². The van der Waals surface area contributed by atoms with Crippen LogP contribution in [0.2, 0.25) is 0 Å². The van der Waals surface area contributed by atoms with Crippen LogP contribution in [0.25, 0.3) is 61.2 Å². The highest BCUT2D eigenvalue weighted by atomic mass is 16.5. The van der Waals surface area contributed by atoms with Crippen LogP contribution in [0, 0.1) is 0 Å². The van der Waals surface area contributed by atoms with Gasteiger partial charge in [-0.15, -0.1) is 0 Å². The molecular formula is C41H27N7O. The number of para-hydroxylation sites is 2. The molecule has 5 heterocycles. The summed E-state index contributed by atoms with van der Waals surface area (Å²) in [7, 11) is 0. The Morgan fingerprint density at radius 2 is 1.22 bits per heavy atom. The van der Waals surface area contributed by atoms with E-state index in [-0.39, 0.29) is 6.04 Å². The van der Waals surface area contributed by atoms with Gasteiger partial charge in [0.1, 0.15) is 18.4 Å². The molecule has 0 spiro atoms. The SMILES string of the molecule is C1=C2C(c3nc(-c4ccccc4)nc(-c4ccccc4)n3)=NC(n3c4ccccc4c4ccc5c(ccn5-c5ccccc5)c43)=NC2CO1. The largest absolute Gasteiger partial charge is 0.498 e. The lowest BCUT2D eigenvalue weighted by Gasteiger charge is -2.20. The summed E-state index contributed by atoms with van der Waals surface area (Å²) in [4.78, 5) is 25.5. The van der Waals surface area contributed by atoms with Crippen molar-refractivity contribution < 1.29 is 4.74 Å². The van der Waals surface area contributed by atoms with Gasteiger partial charge in [-0.05, 0) is 30.3 Å². The third kappa shape index (κ3) is 4.42. The second-order valence-corrected chi connectivity index (χ2v) is 12.1. The first-order valence-corrected chi connectivity index (χ1v) is 16.2. The average Bonchev–Trinajstić information content (AvgIpc) is 3.91. The van der Waals surface area contributed by atoms with Gasteiger partial charge >= 0.3 is 0 Å². The number of hydrogen-bond donors (Lipinski definition) is 0. The van der Waals surface area contributed by atoms with E-state index in [0.717, 1.165) is 55.1 Å². The highest BCUT2D eigenvalue weighted by molar-refractivity contribution is 6.25. The molecule has 8 nitrogen and oxygen atoms in total. The maximum Gasteiger partial charge on any atom is 0.231 e. The number of aliphatic imine (C=N–C) groups is 2. The molecule has 0 fully saturated rings. The van der Waals surface area contributed by atoms with Crippen molar-refractivity contribution in [2.45, 2.75) is 6.04 Å². The monoisotopic (exact) mass is 633 g/mol. The third-order valence-electron chi connectivity index (χ3n) is 9.23. The summed E-state index contributed by atoms with van der Waals surface area (Å²) in [5.41, 5.74) is 7.56. The first-order valence-electron chi connectivity index (χ1n) is 16.2. The van der Waals surface area contributed by atoms with Crippen molar-refractivity contribution in [1.29, 1.82) is 0 Å². The molecule has 5 aromatic carbocycles. The van der Waals surface area contributed by atoms with Crippen molar-refractivity contribution >= 4 is 44.4 Å². The molecule has 232 valence electrons. The summed E-state index contributed by atoms with van der Waals surface area (Å²) in [6, 6.07) is 45.1. The molecule has 0 aliphatic carbocycles. The van der Waals surface area contributed by atoms with Crippen LogP contribution in [-0.4, -0.2) is 48.4 Å². The van der Waals surface area contributed by atoms with Crippen LogP contribution in [0.4, 0.5) is 0 Å². The van der Waals surface area contributed by atoms with Crippen molar-refractivity contribution in [2.75, 3.05) is 6.61 Å². The lowest BCUT2D eigenvalue weighted by Crippen LogP contribution is -2.29. The van der Waals surface area contributed by atoms with Crippen molar-refractivity contribution in [3.63, 3.8) is 0 Å². The lowest BCUT2D eigenvalue weighted by atomic mass is 10.0. The Morgan fingerprint density at radius 1 is 0.571 bits per heavy atom. The van der Waals surface area contributed by atoms with Crippen LogP contribution < -0.4 is 0 Å². The first-order chi connectivity index (χ1) is 24.3. The summed E-state index contributed by atoms with van der Waals surface area (Å²) in [5.74, 6) is 2.20. The molecule has 1 atom stereocenters. The van der Waals surface area contributed by atoms with E-state index in [1.54, 1.807) is 6.26 Å². The predicted molar refractivity (Wildman–Crippen MR) is 194 cm³/mol. The topological polar surface area (TPSA) is 82.5 Å². The van der Waals surface area contributed by atoms with Crippen LogP contribution in [0.3, 0.4) is 0 Å². The Balaban J connectivity index is 1.22.